The van der Waals surface area contributed by atoms with Gasteiger partial charge >= 0.3 is 12.2 Å². The number of nitrogens with one attached hydrogen (secondary N) is 2. The first-order valence-electron chi connectivity index (χ1n) is 6.25. The highest BCUT2D eigenvalue weighted by Gasteiger charge is 2.35. The second kappa shape index (κ2) is 6.69. The molecule has 0 aromatic carbocycles. The van der Waals surface area contributed by atoms with Crippen molar-refractivity contribution < 1.29 is 18.0 Å². The molecule has 23 heavy (non-hydrogen) atoms. The average Bonchev–Trinajstić information content (AvgIpc) is 2.47. The number of aromatic nitrogens is 2. The quantitative estimate of drug-likeness (QED) is 0.797. The normalized spacial score (nSPS) is 11.1. The molecule has 2 aromatic rings. The number of rotatable bonds is 3. The molecule has 0 aliphatic rings. The minimum Gasteiger partial charge on any atom is -0.383 e. The third-order valence-electron chi connectivity index (χ3n) is 2.72. The molecule has 0 unspecified atom stereocenters. The number of halogens is 4. The van der Waals surface area contributed by atoms with Crippen molar-refractivity contribution in [1.82, 2.24) is 15.3 Å². The van der Waals surface area contributed by atoms with Crippen molar-refractivity contribution in [2.75, 3.05) is 11.1 Å². The van der Waals surface area contributed by atoms with Crippen LogP contribution in [0.2, 0.25) is 5.02 Å². The molecule has 10 heteroatoms. The Morgan fingerprint density at radius 1 is 1.30 bits per heavy atom. The molecule has 0 spiro atoms. The number of anilines is 2. The summed E-state index contributed by atoms with van der Waals surface area (Å²) in [5.74, 6) is -0.0323. The van der Waals surface area contributed by atoms with Crippen LogP contribution in [0.5, 0.6) is 0 Å². The summed E-state index contributed by atoms with van der Waals surface area (Å²) in [6.07, 6.45) is -3.22. The molecule has 0 fully saturated rings. The molecule has 6 nitrogen and oxygen atoms in total. The Morgan fingerprint density at radius 3 is 2.70 bits per heavy atom. The van der Waals surface area contributed by atoms with Gasteiger partial charge in [0.05, 0.1) is 5.02 Å². The Labute approximate surface area is 133 Å². The van der Waals surface area contributed by atoms with Crippen molar-refractivity contribution in [3.05, 3.63) is 46.7 Å². The topological polar surface area (TPSA) is 92.9 Å². The SMILES string of the molecule is Nc1ncccc1CNC(=O)Nc1ccc(Cl)c(C(F)(F)F)n1. The standard InChI is InChI=1S/C13H11ClF3N5O/c14-8-3-4-9(21-10(8)13(15,16)17)22-12(23)20-6-7-2-1-5-19-11(7)18/h1-5H,6H2,(H2,18,19)(H2,20,21,22,23). The molecule has 4 N–H and O–H groups in total. The van der Waals surface area contributed by atoms with Crippen LogP contribution in [-0.2, 0) is 12.7 Å². The first-order chi connectivity index (χ1) is 10.8. The number of urea groups is 1. The lowest BCUT2D eigenvalue weighted by molar-refractivity contribution is -0.141. The van der Waals surface area contributed by atoms with Gasteiger partial charge in [-0.25, -0.2) is 14.8 Å². The fraction of sp³-hybridized carbons (Fsp3) is 0.154. The van der Waals surface area contributed by atoms with Crippen molar-refractivity contribution >= 4 is 29.3 Å². The molecule has 2 heterocycles. The molecular weight excluding hydrogens is 335 g/mol. The van der Waals surface area contributed by atoms with Gasteiger partial charge in [0.2, 0.25) is 0 Å². The molecular formula is C13H11ClF3N5O. The Kier molecular flexibility index (Phi) is 4.89. The van der Waals surface area contributed by atoms with Crippen molar-refractivity contribution in [2.24, 2.45) is 0 Å². The number of nitrogen functional groups attached to an aromatic ring is 1. The van der Waals surface area contributed by atoms with Gasteiger partial charge in [0.25, 0.3) is 0 Å². The van der Waals surface area contributed by atoms with Crippen LogP contribution < -0.4 is 16.4 Å². The molecule has 0 bridgehead atoms. The monoisotopic (exact) mass is 345 g/mol. The van der Waals surface area contributed by atoms with E-state index in [-0.39, 0.29) is 18.2 Å². The number of hydrogen-bond donors (Lipinski definition) is 3. The molecule has 122 valence electrons. The molecule has 0 saturated carbocycles. The number of amides is 2. The number of alkyl halides is 3. The largest absolute Gasteiger partial charge is 0.434 e. The van der Waals surface area contributed by atoms with Gasteiger partial charge < -0.3 is 11.1 Å². The van der Waals surface area contributed by atoms with E-state index in [1.807, 2.05) is 0 Å². The van der Waals surface area contributed by atoms with Crippen LogP contribution in [0, 0.1) is 0 Å². The van der Waals surface area contributed by atoms with E-state index in [0.29, 0.717) is 5.56 Å². The van der Waals surface area contributed by atoms with Gasteiger partial charge in [-0.1, -0.05) is 17.7 Å². The molecule has 2 aromatic heterocycles. The average molecular weight is 346 g/mol. The Morgan fingerprint density at radius 2 is 2.04 bits per heavy atom. The van der Waals surface area contributed by atoms with Gasteiger partial charge in [0.1, 0.15) is 11.6 Å². The first-order valence-corrected chi connectivity index (χ1v) is 6.63. The summed E-state index contributed by atoms with van der Waals surface area (Å²) in [6.45, 7) is 0.0607. The fourth-order valence-electron chi connectivity index (χ4n) is 1.65. The van der Waals surface area contributed by atoms with Crippen molar-refractivity contribution in [2.45, 2.75) is 12.7 Å². The predicted molar refractivity (Wildman–Crippen MR) is 78.8 cm³/mol. The summed E-state index contributed by atoms with van der Waals surface area (Å²) in [4.78, 5) is 18.8. The number of nitrogens with zero attached hydrogens (tertiary/aromatic N) is 2. The van der Waals surface area contributed by atoms with Crippen LogP contribution in [-0.4, -0.2) is 16.0 Å². The zero-order valence-corrected chi connectivity index (χ0v) is 12.2. The number of hydrogen-bond acceptors (Lipinski definition) is 4. The molecule has 2 rings (SSSR count). The number of carbonyl (C=O) groups is 1. The second-order valence-corrected chi connectivity index (χ2v) is 4.79. The van der Waals surface area contributed by atoms with Crippen LogP contribution in [0.15, 0.2) is 30.5 Å². The highest BCUT2D eigenvalue weighted by Crippen LogP contribution is 2.33. The maximum atomic E-state index is 12.7. The molecule has 0 aliphatic heterocycles. The van der Waals surface area contributed by atoms with Crippen LogP contribution in [0.4, 0.5) is 29.6 Å². The number of pyridine rings is 2. The maximum Gasteiger partial charge on any atom is 0.434 e. The highest BCUT2D eigenvalue weighted by atomic mass is 35.5. The summed E-state index contributed by atoms with van der Waals surface area (Å²) < 4.78 is 38.1. The van der Waals surface area contributed by atoms with E-state index in [9.17, 15) is 18.0 Å². The van der Waals surface area contributed by atoms with Crippen LogP contribution in [0.1, 0.15) is 11.3 Å². The van der Waals surface area contributed by atoms with Crippen molar-refractivity contribution in [3.63, 3.8) is 0 Å². The van der Waals surface area contributed by atoms with E-state index in [1.54, 1.807) is 12.1 Å². The molecule has 0 radical (unpaired) electrons. The molecule has 0 atom stereocenters. The lowest BCUT2D eigenvalue weighted by Crippen LogP contribution is -2.29. The zero-order valence-electron chi connectivity index (χ0n) is 11.5. The summed E-state index contributed by atoms with van der Waals surface area (Å²) in [6, 6.07) is 4.73. The van der Waals surface area contributed by atoms with E-state index in [4.69, 9.17) is 17.3 Å². The van der Waals surface area contributed by atoms with Gasteiger partial charge in [-0.15, -0.1) is 0 Å². The van der Waals surface area contributed by atoms with Crippen LogP contribution >= 0.6 is 11.6 Å². The lowest BCUT2D eigenvalue weighted by atomic mass is 10.2. The predicted octanol–water partition coefficient (Wildman–Crippen LogP) is 3.05. The van der Waals surface area contributed by atoms with Gasteiger partial charge in [0, 0.05) is 18.3 Å². The summed E-state index contributed by atoms with van der Waals surface area (Å²) in [5.41, 5.74) is 4.91. The maximum absolute atomic E-state index is 12.7. The first kappa shape index (κ1) is 16.8. The van der Waals surface area contributed by atoms with E-state index in [2.05, 4.69) is 20.6 Å². The van der Waals surface area contributed by atoms with E-state index < -0.39 is 22.9 Å². The molecule has 0 aliphatic carbocycles. The van der Waals surface area contributed by atoms with E-state index >= 15 is 0 Å². The van der Waals surface area contributed by atoms with Crippen molar-refractivity contribution in [1.29, 1.82) is 0 Å². The van der Waals surface area contributed by atoms with Crippen LogP contribution in [0.3, 0.4) is 0 Å². The minimum absolute atomic E-state index is 0.0607. The third-order valence-corrected chi connectivity index (χ3v) is 3.03. The van der Waals surface area contributed by atoms with Crippen molar-refractivity contribution in [3.8, 4) is 0 Å². The minimum atomic E-state index is -4.71. The fourth-order valence-corrected chi connectivity index (χ4v) is 1.86. The summed E-state index contributed by atoms with van der Waals surface area (Å²) in [7, 11) is 0. The Bertz CT molecular complexity index is 723. The van der Waals surface area contributed by atoms with Crippen LogP contribution in [0.25, 0.3) is 0 Å². The lowest BCUT2D eigenvalue weighted by Gasteiger charge is -2.11. The summed E-state index contributed by atoms with van der Waals surface area (Å²) in [5, 5.41) is 4.08. The van der Waals surface area contributed by atoms with Gasteiger partial charge in [0.15, 0.2) is 5.69 Å². The Hall–Kier alpha value is -2.55. The Balaban J connectivity index is 2.02. The van der Waals surface area contributed by atoms with E-state index in [0.717, 1.165) is 12.1 Å². The number of carbonyl (C=O) groups excluding carboxylic acids is 1. The smallest absolute Gasteiger partial charge is 0.383 e. The molecule has 0 saturated heterocycles. The van der Waals surface area contributed by atoms with Gasteiger partial charge in [-0.2, -0.15) is 13.2 Å². The van der Waals surface area contributed by atoms with E-state index in [1.165, 1.54) is 6.20 Å². The van der Waals surface area contributed by atoms with Gasteiger partial charge in [-0.3, -0.25) is 5.32 Å². The summed E-state index contributed by atoms with van der Waals surface area (Å²) >= 11 is 5.44. The number of nitrogens with two attached hydrogens (primary N) is 1. The highest BCUT2D eigenvalue weighted by molar-refractivity contribution is 6.31. The third kappa shape index (κ3) is 4.46. The molecule has 2 amide bonds. The zero-order chi connectivity index (χ0) is 17.0. The van der Waals surface area contributed by atoms with Gasteiger partial charge in [-0.05, 0) is 18.2 Å². The second-order valence-electron chi connectivity index (χ2n) is 4.38.